The van der Waals surface area contributed by atoms with E-state index in [0.29, 0.717) is 6.54 Å². The summed E-state index contributed by atoms with van der Waals surface area (Å²) in [5.41, 5.74) is 2.05. The second kappa shape index (κ2) is 7.15. The summed E-state index contributed by atoms with van der Waals surface area (Å²) in [6.45, 7) is 0.496. The van der Waals surface area contributed by atoms with Crippen LogP contribution >= 0.6 is 0 Å². The molecule has 1 atom stereocenters. The smallest absolute Gasteiger partial charge is 0.326 e. The molecule has 2 aromatic rings. The van der Waals surface area contributed by atoms with Crippen LogP contribution in [0.15, 0.2) is 24.3 Å². The number of rotatable bonds is 6. The maximum absolute atomic E-state index is 12.1. The summed E-state index contributed by atoms with van der Waals surface area (Å²) in [7, 11) is 4.95. The van der Waals surface area contributed by atoms with Gasteiger partial charge in [-0.15, -0.1) is 0 Å². The van der Waals surface area contributed by atoms with Crippen LogP contribution in [-0.2, 0) is 23.1 Å². The number of aromatic nitrogens is 2. The van der Waals surface area contributed by atoms with Crippen LogP contribution in [0, 0.1) is 0 Å². The van der Waals surface area contributed by atoms with Crippen molar-refractivity contribution in [2.75, 3.05) is 20.6 Å². The van der Waals surface area contributed by atoms with Crippen molar-refractivity contribution in [1.29, 1.82) is 0 Å². The van der Waals surface area contributed by atoms with E-state index in [1.807, 2.05) is 31.3 Å². The van der Waals surface area contributed by atoms with Gasteiger partial charge in [-0.05, 0) is 18.6 Å². The lowest BCUT2D eigenvalue weighted by atomic mass is 10.2. The van der Waals surface area contributed by atoms with E-state index in [-0.39, 0.29) is 24.3 Å². The molecule has 1 aromatic carbocycles. The number of likely N-dealkylation sites (N-methyl/N-ethyl adjacent to an activating group) is 2. The summed E-state index contributed by atoms with van der Waals surface area (Å²) in [6.07, 6.45) is 1.48. The minimum Gasteiger partial charge on any atom is -0.356 e. The molecule has 8 heteroatoms. The summed E-state index contributed by atoms with van der Waals surface area (Å²) in [4.78, 5) is 42.7. The number of carbonyl (C=O) groups is 3. The zero-order chi connectivity index (χ0) is 18.8. The summed E-state index contributed by atoms with van der Waals surface area (Å²) in [5.74, 6) is 0.397. The van der Waals surface area contributed by atoms with Crippen LogP contribution in [0.3, 0.4) is 0 Å². The number of para-hydroxylation sites is 2. The summed E-state index contributed by atoms with van der Waals surface area (Å²) in [6, 6.07) is 6.86. The van der Waals surface area contributed by atoms with Gasteiger partial charge in [0, 0.05) is 34.1 Å². The fraction of sp³-hybridized carbons (Fsp3) is 0.444. The van der Waals surface area contributed by atoms with Crippen LogP contribution in [0.1, 0.15) is 18.7 Å². The minimum absolute atomic E-state index is 0.0162. The van der Waals surface area contributed by atoms with Crippen LogP contribution in [0.5, 0.6) is 0 Å². The van der Waals surface area contributed by atoms with Gasteiger partial charge in [0.2, 0.25) is 5.91 Å². The first-order valence-corrected chi connectivity index (χ1v) is 8.61. The van der Waals surface area contributed by atoms with Crippen molar-refractivity contribution in [3.63, 3.8) is 0 Å². The SMILES string of the molecule is CN1C(=O)C(CC(=O)NCCCc2nc3ccccc3n2C)N(C)C1=O. The van der Waals surface area contributed by atoms with Gasteiger partial charge in [-0.25, -0.2) is 9.78 Å². The number of amides is 4. The third-order valence-electron chi connectivity index (χ3n) is 4.83. The predicted octanol–water partition coefficient (Wildman–Crippen LogP) is 0.905. The number of imidazole rings is 1. The van der Waals surface area contributed by atoms with Crippen molar-refractivity contribution in [1.82, 2.24) is 24.7 Å². The fourth-order valence-corrected chi connectivity index (χ4v) is 3.22. The average Bonchev–Trinajstić information content (AvgIpc) is 3.04. The normalized spacial score (nSPS) is 17.4. The number of hydrogen-bond acceptors (Lipinski definition) is 4. The monoisotopic (exact) mass is 357 g/mol. The van der Waals surface area contributed by atoms with Gasteiger partial charge in [0.15, 0.2) is 0 Å². The summed E-state index contributed by atoms with van der Waals surface area (Å²) in [5, 5.41) is 2.82. The van der Waals surface area contributed by atoms with E-state index in [1.54, 1.807) is 0 Å². The van der Waals surface area contributed by atoms with Crippen molar-refractivity contribution in [2.45, 2.75) is 25.3 Å². The van der Waals surface area contributed by atoms with E-state index in [4.69, 9.17) is 0 Å². The Morgan fingerprint density at radius 2 is 1.92 bits per heavy atom. The van der Waals surface area contributed by atoms with Crippen LogP contribution in [0.25, 0.3) is 11.0 Å². The Morgan fingerprint density at radius 3 is 2.58 bits per heavy atom. The third-order valence-corrected chi connectivity index (χ3v) is 4.83. The topological polar surface area (TPSA) is 87.5 Å². The third kappa shape index (κ3) is 3.26. The molecule has 0 radical (unpaired) electrons. The Balaban J connectivity index is 1.47. The maximum Gasteiger partial charge on any atom is 0.326 e. The summed E-state index contributed by atoms with van der Waals surface area (Å²) < 4.78 is 2.06. The highest BCUT2D eigenvalue weighted by Crippen LogP contribution is 2.17. The van der Waals surface area contributed by atoms with Crippen molar-refractivity contribution in [3.8, 4) is 0 Å². The largest absolute Gasteiger partial charge is 0.356 e. The molecular weight excluding hydrogens is 334 g/mol. The van der Waals surface area contributed by atoms with Crippen LogP contribution in [0.2, 0.25) is 0 Å². The zero-order valence-electron chi connectivity index (χ0n) is 15.2. The second-order valence-corrected chi connectivity index (χ2v) is 6.54. The molecule has 0 saturated carbocycles. The molecule has 4 amide bonds. The predicted molar refractivity (Wildman–Crippen MR) is 96.4 cm³/mol. The first-order valence-electron chi connectivity index (χ1n) is 8.61. The molecule has 2 heterocycles. The van der Waals surface area contributed by atoms with Gasteiger partial charge in [0.05, 0.1) is 17.5 Å². The van der Waals surface area contributed by atoms with Crippen LogP contribution in [-0.4, -0.2) is 63.9 Å². The lowest BCUT2D eigenvalue weighted by Crippen LogP contribution is -2.37. The van der Waals surface area contributed by atoms with Crippen LogP contribution in [0.4, 0.5) is 4.79 Å². The molecule has 1 aromatic heterocycles. The van der Waals surface area contributed by atoms with E-state index in [1.165, 1.54) is 19.0 Å². The summed E-state index contributed by atoms with van der Waals surface area (Å²) >= 11 is 0. The first-order chi connectivity index (χ1) is 12.4. The Morgan fingerprint density at radius 1 is 1.19 bits per heavy atom. The van der Waals surface area contributed by atoms with Crippen molar-refractivity contribution in [3.05, 3.63) is 30.1 Å². The number of benzene rings is 1. The molecule has 0 bridgehead atoms. The number of urea groups is 1. The highest BCUT2D eigenvalue weighted by Gasteiger charge is 2.41. The molecule has 1 N–H and O–H groups in total. The number of carbonyl (C=O) groups excluding carboxylic acids is 3. The Kier molecular flexibility index (Phi) is 4.92. The van der Waals surface area contributed by atoms with E-state index >= 15 is 0 Å². The number of imide groups is 1. The number of hydrogen-bond donors (Lipinski definition) is 1. The Bertz CT molecular complexity index is 860. The minimum atomic E-state index is -0.715. The molecule has 3 rings (SSSR count). The first kappa shape index (κ1) is 17.9. The van der Waals surface area contributed by atoms with Gasteiger partial charge in [-0.2, -0.15) is 0 Å². The average molecular weight is 357 g/mol. The maximum atomic E-state index is 12.1. The Hall–Kier alpha value is -2.90. The van der Waals surface area contributed by atoms with Gasteiger partial charge in [-0.3, -0.25) is 14.5 Å². The van der Waals surface area contributed by atoms with Crippen molar-refractivity contribution in [2.24, 2.45) is 7.05 Å². The van der Waals surface area contributed by atoms with Gasteiger partial charge in [-0.1, -0.05) is 12.1 Å². The van der Waals surface area contributed by atoms with Gasteiger partial charge in [0.25, 0.3) is 5.91 Å². The van der Waals surface area contributed by atoms with Crippen LogP contribution < -0.4 is 5.32 Å². The lowest BCUT2D eigenvalue weighted by molar-refractivity contribution is -0.131. The quantitative estimate of drug-likeness (QED) is 0.615. The van der Waals surface area contributed by atoms with Gasteiger partial charge >= 0.3 is 6.03 Å². The lowest BCUT2D eigenvalue weighted by Gasteiger charge is -2.15. The van der Waals surface area contributed by atoms with Crippen molar-refractivity contribution < 1.29 is 14.4 Å². The van der Waals surface area contributed by atoms with Gasteiger partial charge in [0.1, 0.15) is 11.9 Å². The standard InChI is InChI=1S/C18H23N5O3/c1-21-13-8-5-4-7-12(13)20-15(21)9-6-10-19-16(24)11-14-17(25)23(3)18(26)22(14)2/h4-5,7-8,14H,6,9-11H2,1-3H3,(H,19,24). The highest BCUT2D eigenvalue weighted by atomic mass is 16.2. The Labute approximate surface area is 151 Å². The number of aryl methyl sites for hydroxylation is 2. The number of fused-ring (bicyclic) bond motifs is 1. The van der Waals surface area contributed by atoms with E-state index in [0.717, 1.165) is 34.6 Å². The molecule has 1 aliphatic rings. The zero-order valence-corrected chi connectivity index (χ0v) is 15.2. The molecule has 1 unspecified atom stereocenters. The molecule has 1 fully saturated rings. The van der Waals surface area contributed by atoms with Crippen molar-refractivity contribution >= 4 is 28.9 Å². The van der Waals surface area contributed by atoms with E-state index in [9.17, 15) is 14.4 Å². The number of nitrogens with zero attached hydrogens (tertiary/aromatic N) is 4. The molecule has 1 saturated heterocycles. The fourth-order valence-electron chi connectivity index (χ4n) is 3.22. The molecule has 0 aliphatic carbocycles. The molecule has 0 spiro atoms. The molecule has 26 heavy (non-hydrogen) atoms. The molecule has 1 aliphatic heterocycles. The second-order valence-electron chi connectivity index (χ2n) is 6.54. The van der Waals surface area contributed by atoms with Gasteiger partial charge < -0.3 is 14.8 Å². The molecule has 138 valence electrons. The van der Waals surface area contributed by atoms with E-state index < -0.39 is 6.04 Å². The molecular formula is C18H23N5O3. The highest BCUT2D eigenvalue weighted by molar-refractivity contribution is 6.05. The number of nitrogens with one attached hydrogen (secondary N) is 1. The molecule has 8 nitrogen and oxygen atoms in total. The van der Waals surface area contributed by atoms with E-state index in [2.05, 4.69) is 14.9 Å².